The minimum atomic E-state index is -0.160. The van der Waals surface area contributed by atoms with E-state index in [1.165, 1.54) is 0 Å². The summed E-state index contributed by atoms with van der Waals surface area (Å²) in [7, 11) is 0. The summed E-state index contributed by atoms with van der Waals surface area (Å²) < 4.78 is 0. The standard InChI is InChI=1S/C19H14N2O/c22-19(21-14-5-9-15-7-2-1-3-8-15)17-12-4-10-16-11-6-13-20-18(16)17/h1-4,6-8,10-13H,14H2,(H,21,22). The average molecular weight is 286 g/mol. The average Bonchev–Trinajstić information content (AvgIpc) is 2.59. The summed E-state index contributed by atoms with van der Waals surface area (Å²) in [6, 6.07) is 19.0. The van der Waals surface area contributed by atoms with Crippen LogP contribution in [-0.4, -0.2) is 17.4 Å². The second kappa shape index (κ2) is 6.55. The van der Waals surface area contributed by atoms with Gasteiger partial charge in [0.25, 0.3) is 5.91 Å². The second-order valence-corrected chi connectivity index (χ2v) is 4.73. The summed E-state index contributed by atoms with van der Waals surface area (Å²) in [5.41, 5.74) is 2.21. The van der Waals surface area contributed by atoms with E-state index in [0.717, 1.165) is 10.9 Å². The number of nitrogens with one attached hydrogen (secondary N) is 1. The van der Waals surface area contributed by atoms with Crippen molar-refractivity contribution in [2.24, 2.45) is 0 Å². The molecule has 0 fully saturated rings. The predicted octanol–water partition coefficient (Wildman–Crippen LogP) is 3.02. The number of carbonyl (C=O) groups is 1. The lowest BCUT2D eigenvalue weighted by molar-refractivity contribution is 0.0960. The fourth-order valence-corrected chi connectivity index (χ4v) is 2.17. The van der Waals surface area contributed by atoms with Gasteiger partial charge in [0.2, 0.25) is 0 Å². The highest BCUT2D eigenvalue weighted by atomic mass is 16.1. The lowest BCUT2D eigenvalue weighted by Crippen LogP contribution is -2.24. The minimum absolute atomic E-state index is 0.160. The summed E-state index contributed by atoms with van der Waals surface area (Å²) in [6.45, 7) is 0.303. The van der Waals surface area contributed by atoms with Crippen molar-refractivity contribution in [3.63, 3.8) is 0 Å². The molecule has 0 atom stereocenters. The Bertz CT molecular complexity index is 855. The first kappa shape index (κ1) is 13.8. The van der Waals surface area contributed by atoms with Crippen molar-refractivity contribution in [2.75, 3.05) is 6.54 Å². The summed E-state index contributed by atoms with van der Waals surface area (Å²) in [4.78, 5) is 16.5. The highest BCUT2D eigenvalue weighted by Gasteiger charge is 2.09. The smallest absolute Gasteiger partial charge is 0.254 e. The van der Waals surface area contributed by atoms with Crippen LogP contribution >= 0.6 is 0 Å². The first-order valence-corrected chi connectivity index (χ1v) is 7.00. The third-order valence-corrected chi connectivity index (χ3v) is 3.22. The quantitative estimate of drug-likeness (QED) is 0.736. The number of carbonyl (C=O) groups excluding carboxylic acids is 1. The SMILES string of the molecule is O=C(NCC#Cc1ccccc1)c1cccc2cccnc12. The highest BCUT2D eigenvalue weighted by molar-refractivity contribution is 6.05. The zero-order valence-corrected chi connectivity index (χ0v) is 11.9. The molecule has 1 aromatic heterocycles. The fourth-order valence-electron chi connectivity index (χ4n) is 2.17. The Hall–Kier alpha value is -3.12. The van der Waals surface area contributed by atoms with E-state index < -0.39 is 0 Å². The van der Waals surface area contributed by atoms with Gasteiger partial charge in [0.05, 0.1) is 17.6 Å². The third-order valence-electron chi connectivity index (χ3n) is 3.22. The molecule has 0 aliphatic carbocycles. The van der Waals surface area contributed by atoms with Crippen molar-refractivity contribution in [2.45, 2.75) is 0 Å². The number of nitrogens with zero attached hydrogens (tertiary/aromatic N) is 1. The zero-order chi connectivity index (χ0) is 15.2. The van der Waals surface area contributed by atoms with Crippen LogP contribution in [0.1, 0.15) is 15.9 Å². The van der Waals surface area contributed by atoms with Crippen LogP contribution in [0.4, 0.5) is 0 Å². The van der Waals surface area contributed by atoms with E-state index in [0.29, 0.717) is 17.6 Å². The highest BCUT2D eigenvalue weighted by Crippen LogP contribution is 2.15. The number of aromatic nitrogens is 1. The molecule has 3 heteroatoms. The Morgan fingerprint density at radius 3 is 2.68 bits per heavy atom. The van der Waals surface area contributed by atoms with Gasteiger partial charge in [-0.1, -0.05) is 48.2 Å². The first-order chi connectivity index (χ1) is 10.8. The van der Waals surface area contributed by atoms with Crippen LogP contribution in [0.3, 0.4) is 0 Å². The Labute approximate surface area is 129 Å². The van der Waals surface area contributed by atoms with Crippen LogP contribution in [0.5, 0.6) is 0 Å². The van der Waals surface area contributed by atoms with Gasteiger partial charge >= 0.3 is 0 Å². The summed E-state index contributed by atoms with van der Waals surface area (Å²) >= 11 is 0. The summed E-state index contributed by atoms with van der Waals surface area (Å²) in [5.74, 6) is 5.80. The molecule has 0 saturated heterocycles. The molecule has 3 nitrogen and oxygen atoms in total. The predicted molar refractivity (Wildman–Crippen MR) is 87.4 cm³/mol. The van der Waals surface area contributed by atoms with Gasteiger partial charge in [-0.2, -0.15) is 0 Å². The molecule has 22 heavy (non-hydrogen) atoms. The van der Waals surface area contributed by atoms with Crippen LogP contribution < -0.4 is 5.32 Å². The second-order valence-electron chi connectivity index (χ2n) is 4.73. The largest absolute Gasteiger partial charge is 0.341 e. The molecule has 2 aromatic carbocycles. The van der Waals surface area contributed by atoms with E-state index >= 15 is 0 Å². The van der Waals surface area contributed by atoms with Gasteiger partial charge in [-0.25, -0.2) is 0 Å². The summed E-state index contributed by atoms with van der Waals surface area (Å²) in [5, 5.41) is 3.76. The Morgan fingerprint density at radius 1 is 1.00 bits per heavy atom. The van der Waals surface area contributed by atoms with Crippen molar-refractivity contribution >= 4 is 16.8 Å². The van der Waals surface area contributed by atoms with Gasteiger partial charge in [0.1, 0.15) is 0 Å². The Kier molecular flexibility index (Phi) is 4.12. The summed E-state index contributed by atoms with van der Waals surface area (Å²) in [6.07, 6.45) is 1.69. The number of pyridine rings is 1. The van der Waals surface area contributed by atoms with Crippen LogP contribution in [0.15, 0.2) is 66.9 Å². The topological polar surface area (TPSA) is 42.0 Å². The molecule has 0 unspecified atom stereocenters. The number of rotatable bonds is 2. The van der Waals surface area contributed by atoms with Gasteiger partial charge in [-0.3, -0.25) is 9.78 Å². The minimum Gasteiger partial charge on any atom is -0.341 e. The first-order valence-electron chi connectivity index (χ1n) is 7.00. The molecule has 0 aliphatic heterocycles. The van der Waals surface area contributed by atoms with E-state index in [9.17, 15) is 4.79 Å². The molecule has 0 bridgehead atoms. The number of benzene rings is 2. The van der Waals surface area contributed by atoms with Gasteiger partial charge < -0.3 is 5.32 Å². The Morgan fingerprint density at radius 2 is 1.82 bits per heavy atom. The number of amides is 1. The maximum atomic E-state index is 12.3. The zero-order valence-electron chi connectivity index (χ0n) is 11.9. The monoisotopic (exact) mass is 286 g/mol. The molecule has 3 rings (SSSR count). The molecule has 106 valence electrons. The van der Waals surface area contributed by atoms with Crippen LogP contribution in [0.25, 0.3) is 10.9 Å². The molecule has 1 heterocycles. The van der Waals surface area contributed by atoms with Crippen LogP contribution in [-0.2, 0) is 0 Å². The molecule has 0 saturated carbocycles. The van der Waals surface area contributed by atoms with Crippen molar-refractivity contribution in [3.8, 4) is 11.8 Å². The Balaban J connectivity index is 1.71. The lowest BCUT2D eigenvalue weighted by Gasteiger charge is -2.04. The molecule has 0 spiro atoms. The molecule has 0 aliphatic rings. The number of hydrogen-bond donors (Lipinski definition) is 1. The van der Waals surface area contributed by atoms with Gasteiger partial charge in [-0.05, 0) is 24.3 Å². The van der Waals surface area contributed by atoms with E-state index in [-0.39, 0.29) is 5.91 Å². The van der Waals surface area contributed by atoms with Crippen LogP contribution in [0.2, 0.25) is 0 Å². The van der Waals surface area contributed by atoms with Crippen molar-refractivity contribution in [1.29, 1.82) is 0 Å². The number of hydrogen-bond acceptors (Lipinski definition) is 2. The lowest BCUT2D eigenvalue weighted by atomic mass is 10.1. The number of para-hydroxylation sites is 1. The fraction of sp³-hybridized carbons (Fsp3) is 0.0526. The maximum Gasteiger partial charge on any atom is 0.254 e. The van der Waals surface area contributed by atoms with Crippen LogP contribution in [0, 0.1) is 11.8 Å². The van der Waals surface area contributed by atoms with Crippen molar-refractivity contribution in [1.82, 2.24) is 10.3 Å². The molecule has 1 N–H and O–H groups in total. The van der Waals surface area contributed by atoms with E-state index in [1.807, 2.05) is 54.6 Å². The molecule has 3 aromatic rings. The normalized spacial score (nSPS) is 9.82. The van der Waals surface area contributed by atoms with E-state index in [1.54, 1.807) is 12.3 Å². The van der Waals surface area contributed by atoms with Gasteiger partial charge in [0.15, 0.2) is 0 Å². The molecule has 0 radical (unpaired) electrons. The number of fused-ring (bicyclic) bond motifs is 1. The molecular formula is C19H14N2O. The van der Waals surface area contributed by atoms with Gasteiger partial charge in [-0.15, -0.1) is 0 Å². The third kappa shape index (κ3) is 3.13. The van der Waals surface area contributed by atoms with E-state index in [4.69, 9.17) is 0 Å². The molecular weight excluding hydrogens is 272 g/mol. The van der Waals surface area contributed by atoms with Gasteiger partial charge in [0, 0.05) is 17.1 Å². The van der Waals surface area contributed by atoms with Crippen molar-refractivity contribution in [3.05, 3.63) is 78.0 Å². The molecule has 1 amide bonds. The maximum absolute atomic E-state index is 12.3. The van der Waals surface area contributed by atoms with Crippen molar-refractivity contribution < 1.29 is 4.79 Å². The van der Waals surface area contributed by atoms with E-state index in [2.05, 4.69) is 22.1 Å².